The van der Waals surface area contributed by atoms with Crippen molar-refractivity contribution in [3.8, 4) is 0 Å². The number of hydrogen-bond donors (Lipinski definition) is 3. The van der Waals surface area contributed by atoms with Crippen molar-refractivity contribution in [2.75, 3.05) is 11.1 Å². The van der Waals surface area contributed by atoms with Crippen molar-refractivity contribution in [1.82, 2.24) is 0 Å². The molecule has 4 nitrogen and oxygen atoms in total. The van der Waals surface area contributed by atoms with Gasteiger partial charge in [0.25, 0.3) is 0 Å². The van der Waals surface area contributed by atoms with Crippen molar-refractivity contribution >= 4 is 28.1 Å². The number of carboxylic acid groups (broad SMARTS) is 1. The fraction of sp³-hybridized carbons (Fsp3) is 0. The molecule has 4 N–H and O–H groups in total. The van der Waals surface area contributed by atoms with E-state index in [-0.39, 0.29) is 0 Å². The molecule has 0 atom stereocenters. The highest BCUT2D eigenvalue weighted by Gasteiger charge is 2.01. The van der Waals surface area contributed by atoms with Crippen LogP contribution in [0.15, 0.2) is 11.4 Å². The van der Waals surface area contributed by atoms with Crippen LogP contribution in [0, 0.1) is 0 Å². The Kier molecular flexibility index (Phi) is 1.77. The quantitative estimate of drug-likeness (QED) is 0.578. The number of nitrogen functional groups attached to an aromatic ring is 1. The Labute approximate surface area is 61.3 Å². The molecule has 0 fully saturated rings. The third kappa shape index (κ3) is 1.38. The van der Waals surface area contributed by atoms with E-state index in [9.17, 15) is 4.79 Å². The van der Waals surface area contributed by atoms with Crippen molar-refractivity contribution in [1.29, 1.82) is 0 Å². The first kappa shape index (κ1) is 6.88. The van der Waals surface area contributed by atoms with Crippen molar-refractivity contribution in [2.24, 2.45) is 0 Å². The van der Waals surface area contributed by atoms with Gasteiger partial charge >= 0.3 is 6.09 Å². The maximum Gasteiger partial charge on any atom is 0.409 e. The van der Waals surface area contributed by atoms with Crippen LogP contribution in [-0.4, -0.2) is 11.2 Å². The summed E-state index contributed by atoms with van der Waals surface area (Å²) in [5, 5.41) is 12.6. The first-order chi connectivity index (χ1) is 4.70. The summed E-state index contributed by atoms with van der Waals surface area (Å²) in [4.78, 5) is 10.1. The van der Waals surface area contributed by atoms with Crippen molar-refractivity contribution < 1.29 is 9.90 Å². The molecule has 1 amide bonds. The lowest BCUT2D eigenvalue weighted by Crippen LogP contribution is -2.07. The minimum atomic E-state index is -1.09. The molecule has 0 saturated carbocycles. The molecule has 0 aliphatic rings. The molecule has 5 heteroatoms. The Morgan fingerprint density at radius 1 is 1.80 bits per heavy atom. The zero-order valence-corrected chi connectivity index (χ0v) is 5.81. The predicted octanol–water partition coefficient (Wildman–Crippen LogP) is 1.42. The van der Waals surface area contributed by atoms with Gasteiger partial charge < -0.3 is 10.8 Å². The lowest BCUT2D eigenvalue weighted by atomic mass is 10.5. The largest absolute Gasteiger partial charge is 0.465 e. The van der Waals surface area contributed by atoms with E-state index in [4.69, 9.17) is 10.8 Å². The average molecular weight is 158 g/mol. The number of carbonyl (C=O) groups is 1. The predicted molar refractivity (Wildman–Crippen MR) is 40.4 cm³/mol. The molecule has 1 aromatic rings. The first-order valence-corrected chi connectivity index (χ1v) is 3.41. The van der Waals surface area contributed by atoms with E-state index in [1.807, 2.05) is 0 Å². The van der Waals surface area contributed by atoms with Gasteiger partial charge in [-0.1, -0.05) is 0 Å². The normalized spacial score (nSPS) is 9.20. The van der Waals surface area contributed by atoms with E-state index in [1.165, 1.54) is 11.3 Å². The van der Waals surface area contributed by atoms with Crippen LogP contribution in [0.1, 0.15) is 0 Å². The third-order valence-electron chi connectivity index (χ3n) is 0.937. The molecule has 0 radical (unpaired) electrons. The smallest absolute Gasteiger partial charge is 0.409 e. The fourth-order valence-corrected chi connectivity index (χ4v) is 1.14. The monoisotopic (exact) mass is 158 g/mol. The summed E-state index contributed by atoms with van der Waals surface area (Å²) in [5.74, 6) is 0. The second-order valence-corrected chi connectivity index (χ2v) is 2.58. The number of hydrogen-bond acceptors (Lipinski definition) is 3. The van der Waals surface area contributed by atoms with Gasteiger partial charge in [-0.3, -0.25) is 5.32 Å². The molecule has 0 saturated heterocycles. The van der Waals surface area contributed by atoms with Crippen molar-refractivity contribution in [3.05, 3.63) is 11.4 Å². The van der Waals surface area contributed by atoms with Gasteiger partial charge in [0.15, 0.2) is 0 Å². The van der Waals surface area contributed by atoms with E-state index < -0.39 is 6.09 Å². The van der Waals surface area contributed by atoms with Gasteiger partial charge in [-0.25, -0.2) is 4.79 Å². The molecule has 0 bridgehead atoms. The van der Waals surface area contributed by atoms with Gasteiger partial charge in [0.05, 0.1) is 5.69 Å². The maximum absolute atomic E-state index is 10.1. The standard InChI is InChI=1S/C5H6N2O2S/c6-4-3(1-2-10-4)7-5(8)9/h1-2,7H,6H2,(H,8,9). The van der Waals surface area contributed by atoms with Crippen LogP contribution in [0.5, 0.6) is 0 Å². The lowest BCUT2D eigenvalue weighted by molar-refractivity contribution is 0.210. The number of thiophene rings is 1. The van der Waals surface area contributed by atoms with E-state index in [2.05, 4.69) is 5.32 Å². The molecule has 0 aliphatic heterocycles. The summed E-state index contributed by atoms with van der Waals surface area (Å²) >= 11 is 1.30. The van der Waals surface area contributed by atoms with Crippen LogP contribution in [0.25, 0.3) is 0 Å². The zero-order chi connectivity index (χ0) is 7.56. The van der Waals surface area contributed by atoms with Crippen LogP contribution in [-0.2, 0) is 0 Å². The molecule has 54 valence electrons. The summed E-state index contributed by atoms with van der Waals surface area (Å²) in [6, 6.07) is 1.62. The fourth-order valence-electron chi connectivity index (χ4n) is 0.539. The summed E-state index contributed by atoms with van der Waals surface area (Å²) in [7, 11) is 0. The SMILES string of the molecule is Nc1sccc1NC(=O)O. The highest BCUT2D eigenvalue weighted by molar-refractivity contribution is 7.14. The molecule has 10 heavy (non-hydrogen) atoms. The highest BCUT2D eigenvalue weighted by Crippen LogP contribution is 2.23. The number of anilines is 2. The molecule has 1 rings (SSSR count). The molecule has 0 spiro atoms. The highest BCUT2D eigenvalue weighted by atomic mass is 32.1. The molecular formula is C5H6N2O2S. The Balaban J connectivity index is 2.74. The molecule has 0 unspecified atom stereocenters. The summed E-state index contributed by atoms with van der Waals surface area (Å²) in [5.41, 5.74) is 5.84. The third-order valence-corrected chi connectivity index (χ3v) is 1.68. The Bertz CT molecular complexity index is 246. The number of nitrogens with one attached hydrogen (secondary N) is 1. The van der Waals surface area contributed by atoms with E-state index in [0.717, 1.165) is 0 Å². The number of amides is 1. The van der Waals surface area contributed by atoms with Crippen molar-refractivity contribution in [2.45, 2.75) is 0 Å². The molecule has 0 aliphatic carbocycles. The Morgan fingerprint density at radius 2 is 2.50 bits per heavy atom. The van der Waals surface area contributed by atoms with Crippen LogP contribution in [0.3, 0.4) is 0 Å². The number of nitrogens with two attached hydrogens (primary N) is 1. The topological polar surface area (TPSA) is 75.3 Å². The Morgan fingerprint density at radius 3 is 2.90 bits per heavy atom. The summed E-state index contributed by atoms with van der Waals surface area (Å²) < 4.78 is 0. The molecule has 1 aromatic heterocycles. The molecular weight excluding hydrogens is 152 g/mol. The minimum absolute atomic E-state index is 0.456. The Hall–Kier alpha value is -1.23. The zero-order valence-electron chi connectivity index (χ0n) is 5.00. The van der Waals surface area contributed by atoms with Gasteiger partial charge in [-0.2, -0.15) is 0 Å². The van der Waals surface area contributed by atoms with Crippen LogP contribution < -0.4 is 11.1 Å². The average Bonchev–Trinajstić information content (AvgIpc) is 2.15. The minimum Gasteiger partial charge on any atom is -0.465 e. The van der Waals surface area contributed by atoms with Gasteiger partial charge in [0.2, 0.25) is 0 Å². The molecule has 1 heterocycles. The van der Waals surface area contributed by atoms with Gasteiger partial charge in [-0.15, -0.1) is 11.3 Å². The lowest BCUT2D eigenvalue weighted by Gasteiger charge is -1.95. The van der Waals surface area contributed by atoms with Gasteiger partial charge in [0, 0.05) is 0 Å². The molecule has 0 aromatic carbocycles. The van der Waals surface area contributed by atoms with Crippen LogP contribution in [0.2, 0.25) is 0 Å². The summed E-state index contributed by atoms with van der Waals surface area (Å²) in [6.45, 7) is 0. The van der Waals surface area contributed by atoms with E-state index >= 15 is 0 Å². The van der Waals surface area contributed by atoms with Gasteiger partial charge in [0.1, 0.15) is 5.00 Å². The maximum atomic E-state index is 10.1. The van der Waals surface area contributed by atoms with Crippen molar-refractivity contribution in [3.63, 3.8) is 0 Å². The number of rotatable bonds is 1. The summed E-state index contributed by atoms with van der Waals surface area (Å²) in [6.07, 6.45) is -1.09. The van der Waals surface area contributed by atoms with E-state index in [0.29, 0.717) is 10.7 Å². The first-order valence-electron chi connectivity index (χ1n) is 2.53. The second-order valence-electron chi connectivity index (χ2n) is 1.63. The second kappa shape index (κ2) is 2.57. The van der Waals surface area contributed by atoms with Gasteiger partial charge in [-0.05, 0) is 11.4 Å². The van der Waals surface area contributed by atoms with E-state index in [1.54, 1.807) is 11.4 Å². The van der Waals surface area contributed by atoms with Crippen LogP contribution in [0.4, 0.5) is 15.5 Å². The van der Waals surface area contributed by atoms with Crippen LogP contribution >= 0.6 is 11.3 Å².